The van der Waals surface area contributed by atoms with Crippen LogP contribution in [0.1, 0.15) is 29.2 Å². The molecule has 0 radical (unpaired) electrons. The van der Waals surface area contributed by atoms with Crippen molar-refractivity contribution >= 4 is 17.3 Å². The van der Waals surface area contributed by atoms with Crippen LogP contribution in [0.15, 0.2) is 24.3 Å². The summed E-state index contributed by atoms with van der Waals surface area (Å²) in [4.78, 5) is 16.4. The van der Waals surface area contributed by atoms with Crippen LogP contribution < -0.4 is 4.74 Å². The second-order valence-corrected chi connectivity index (χ2v) is 6.01. The van der Waals surface area contributed by atoms with Crippen LogP contribution in [0.5, 0.6) is 5.75 Å². The van der Waals surface area contributed by atoms with Gasteiger partial charge in [-0.25, -0.2) is 9.78 Å². The number of hydrogen-bond donors (Lipinski definition) is 1. The van der Waals surface area contributed by atoms with Gasteiger partial charge in [0.05, 0.1) is 7.11 Å². The molecule has 0 spiro atoms. The van der Waals surface area contributed by atoms with Gasteiger partial charge in [-0.2, -0.15) is 0 Å². The number of thiazole rings is 1. The van der Waals surface area contributed by atoms with Gasteiger partial charge in [0.15, 0.2) is 5.69 Å². The summed E-state index contributed by atoms with van der Waals surface area (Å²) in [6.07, 6.45) is 0.732. The number of aromatic nitrogens is 1. The molecule has 0 aliphatic rings. The lowest BCUT2D eigenvalue weighted by Gasteiger charge is -2.01. The number of hydrogen-bond acceptors (Lipinski definition) is 4. The third kappa shape index (κ3) is 3.17. The number of carboxylic acids is 1. The number of aromatic carboxylic acids is 1. The molecular weight excluding hydrogens is 274 g/mol. The molecule has 0 atom stereocenters. The summed E-state index contributed by atoms with van der Waals surface area (Å²) in [6, 6.07) is 7.48. The third-order valence-electron chi connectivity index (χ3n) is 2.83. The minimum Gasteiger partial charge on any atom is -0.497 e. The van der Waals surface area contributed by atoms with Crippen molar-refractivity contribution in [1.82, 2.24) is 4.98 Å². The minimum atomic E-state index is -0.961. The molecule has 1 aromatic heterocycles. The fraction of sp³-hybridized carbons (Fsp3) is 0.333. The molecule has 0 bridgehead atoms. The molecule has 0 saturated heterocycles. The highest BCUT2D eigenvalue weighted by Gasteiger charge is 2.18. The van der Waals surface area contributed by atoms with Crippen LogP contribution in [0.4, 0.5) is 0 Å². The fourth-order valence-corrected chi connectivity index (χ4v) is 3.16. The van der Waals surface area contributed by atoms with Crippen molar-refractivity contribution in [3.05, 3.63) is 34.8 Å². The molecule has 106 valence electrons. The number of benzene rings is 1. The zero-order valence-electron chi connectivity index (χ0n) is 11.7. The Balaban J connectivity index is 2.38. The Labute approximate surface area is 122 Å². The summed E-state index contributed by atoms with van der Waals surface area (Å²) in [7, 11) is 1.61. The van der Waals surface area contributed by atoms with E-state index in [2.05, 4.69) is 18.8 Å². The van der Waals surface area contributed by atoms with E-state index in [1.165, 1.54) is 11.3 Å². The summed E-state index contributed by atoms with van der Waals surface area (Å²) >= 11 is 1.45. The van der Waals surface area contributed by atoms with Gasteiger partial charge in [-0.15, -0.1) is 11.3 Å². The molecule has 0 aliphatic carbocycles. The van der Waals surface area contributed by atoms with Crippen LogP contribution in [0.2, 0.25) is 0 Å². The molecule has 1 heterocycles. The third-order valence-corrected chi connectivity index (χ3v) is 3.96. The quantitative estimate of drug-likeness (QED) is 0.912. The zero-order valence-corrected chi connectivity index (χ0v) is 12.5. The monoisotopic (exact) mass is 291 g/mol. The van der Waals surface area contributed by atoms with Gasteiger partial charge in [-0.1, -0.05) is 13.8 Å². The predicted molar refractivity (Wildman–Crippen MR) is 79.6 cm³/mol. The summed E-state index contributed by atoms with van der Waals surface area (Å²) in [6.45, 7) is 4.14. The van der Waals surface area contributed by atoms with E-state index in [0.717, 1.165) is 27.6 Å². The van der Waals surface area contributed by atoms with Crippen molar-refractivity contribution in [3.63, 3.8) is 0 Å². The Bertz CT molecular complexity index is 602. The molecule has 0 saturated carbocycles. The van der Waals surface area contributed by atoms with Crippen molar-refractivity contribution < 1.29 is 14.6 Å². The standard InChI is InChI=1S/C15H17NO3S/c1-9(2)8-12-13(15(17)18)16-14(20-12)10-4-6-11(19-3)7-5-10/h4-7,9H,8H2,1-3H3,(H,17,18). The van der Waals surface area contributed by atoms with E-state index in [9.17, 15) is 9.90 Å². The van der Waals surface area contributed by atoms with E-state index in [1.54, 1.807) is 7.11 Å². The summed E-state index contributed by atoms with van der Waals surface area (Å²) in [5, 5.41) is 9.98. The molecule has 0 aliphatic heterocycles. The lowest BCUT2D eigenvalue weighted by molar-refractivity contribution is 0.0690. The van der Waals surface area contributed by atoms with Crippen LogP contribution in [-0.2, 0) is 6.42 Å². The normalized spacial score (nSPS) is 10.8. The lowest BCUT2D eigenvalue weighted by atomic mass is 10.1. The Kier molecular flexibility index (Phi) is 4.39. The van der Waals surface area contributed by atoms with Crippen LogP contribution in [0.25, 0.3) is 10.6 Å². The molecule has 1 N–H and O–H groups in total. The largest absolute Gasteiger partial charge is 0.497 e. The van der Waals surface area contributed by atoms with Crippen LogP contribution in [-0.4, -0.2) is 23.2 Å². The lowest BCUT2D eigenvalue weighted by Crippen LogP contribution is -2.03. The molecule has 2 rings (SSSR count). The minimum absolute atomic E-state index is 0.175. The van der Waals surface area contributed by atoms with Crippen LogP contribution >= 0.6 is 11.3 Å². The SMILES string of the molecule is COc1ccc(-c2nc(C(=O)O)c(CC(C)C)s2)cc1. The summed E-state index contributed by atoms with van der Waals surface area (Å²) in [5.41, 5.74) is 1.09. The zero-order chi connectivity index (χ0) is 14.7. The maximum Gasteiger partial charge on any atom is 0.355 e. The highest BCUT2D eigenvalue weighted by molar-refractivity contribution is 7.15. The van der Waals surface area contributed by atoms with E-state index >= 15 is 0 Å². The first-order valence-electron chi connectivity index (χ1n) is 6.38. The Morgan fingerprint density at radius 1 is 1.35 bits per heavy atom. The number of carbonyl (C=O) groups is 1. The van der Waals surface area contributed by atoms with E-state index in [-0.39, 0.29) is 5.69 Å². The first-order valence-corrected chi connectivity index (χ1v) is 7.20. The second kappa shape index (κ2) is 6.05. The number of rotatable bonds is 5. The maximum atomic E-state index is 11.3. The molecule has 20 heavy (non-hydrogen) atoms. The highest BCUT2D eigenvalue weighted by Crippen LogP contribution is 2.30. The topological polar surface area (TPSA) is 59.4 Å². The second-order valence-electron chi connectivity index (χ2n) is 4.92. The van der Waals surface area contributed by atoms with Crippen LogP contribution in [0.3, 0.4) is 0 Å². The van der Waals surface area contributed by atoms with Crippen molar-refractivity contribution in [3.8, 4) is 16.3 Å². The van der Waals surface area contributed by atoms with E-state index in [0.29, 0.717) is 5.92 Å². The maximum absolute atomic E-state index is 11.3. The van der Waals surface area contributed by atoms with Crippen molar-refractivity contribution in [2.45, 2.75) is 20.3 Å². The predicted octanol–water partition coefficient (Wildman–Crippen LogP) is 3.72. The van der Waals surface area contributed by atoms with E-state index in [1.807, 2.05) is 24.3 Å². The smallest absolute Gasteiger partial charge is 0.355 e. The average molecular weight is 291 g/mol. The molecule has 0 amide bonds. The van der Waals surface area contributed by atoms with Gasteiger partial charge in [0.2, 0.25) is 0 Å². The molecule has 4 nitrogen and oxygen atoms in total. The first kappa shape index (κ1) is 14.5. The van der Waals surface area contributed by atoms with E-state index < -0.39 is 5.97 Å². The van der Waals surface area contributed by atoms with Crippen LogP contribution in [0, 0.1) is 5.92 Å². The average Bonchev–Trinajstić information content (AvgIpc) is 2.82. The summed E-state index contributed by atoms with van der Waals surface area (Å²) < 4.78 is 5.11. The van der Waals surface area contributed by atoms with E-state index in [4.69, 9.17) is 4.74 Å². The number of methoxy groups -OCH3 is 1. The van der Waals surface area contributed by atoms with Gasteiger partial charge < -0.3 is 9.84 Å². The molecular formula is C15H17NO3S. The van der Waals surface area contributed by atoms with Gasteiger partial charge >= 0.3 is 5.97 Å². The van der Waals surface area contributed by atoms with Gasteiger partial charge in [-0.05, 0) is 36.6 Å². The number of ether oxygens (including phenoxy) is 1. The van der Waals surface area contributed by atoms with Gasteiger partial charge in [0.1, 0.15) is 10.8 Å². The van der Waals surface area contributed by atoms with Crippen molar-refractivity contribution in [1.29, 1.82) is 0 Å². The highest BCUT2D eigenvalue weighted by atomic mass is 32.1. The fourth-order valence-electron chi connectivity index (χ4n) is 1.89. The van der Waals surface area contributed by atoms with Gasteiger partial charge in [0, 0.05) is 10.4 Å². The van der Waals surface area contributed by atoms with Crippen molar-refractivity contribution in [2.24, 2.45) is 5.92 Å². The van der Waals surface area contributed by atoms with Gasteiger partial charge in [-0.3, -0.25) is 0 Å². The van der Waals surface area contributed by atoms with Gasteiger partial charge in [0.25, 0.3) is 0 Å². The molecule has 0 fully saturated rings. The molecule has 2 aromatic rings. The number of nitrogens with zero attached hydrogens (tertiary/aromatic N) is 1. The Hall–Kier alpha value is -1.88. The number of carboxylic acid groups (broad SMARTS) is 1. The summed E-state index contributed by atoms with van der Waals surface area (Å²) in [5.74, 6) is 0.208. The Morgan fingerprint density at radius 2 is 2.00 bits per heavy atom. The molecule has 0 unspecified atom stereocenters. The van der Waals surface area contributed by atoms with Crippen molar-refractivity contribution in [2.75, 3.05) is 7.11 Å². The molecule has 5 heteroatoms. The first-order chi connectivity index (χ1) is 9.51. The molecule has 1 aromatic carbocycles. The Morgan fingerprint density at radius 3 is 2.50 bits per heavy atom.